The Morgan fingerprint density at radius 3 is 2.30 bits per heavy atom. The molecule has 0 aliphatic heterocycles. The van der Waals surface area contributed by atoms with E-state index in [0.717, 1.165) is 24.3 Å². The van der Waals surface area contributed by atoms with Crippen molar-refractivity contribution in [2.75, 3.05) is 5.32 Å². The van der Waals surface area contributed by atoms with Gasteiger partial charge in [0.1, 0.15) is 0 Å². The van der Waals surface area contributed by atoms with Crippen molar-refractivity contribution in [1.82, 2.24) is 0 Å². The van der Waals surface area contributed by atoms with Crippen molar-refractivity contribution in [3.63, 3.8) is 0 Å². The van der Waals surface area contributed by atoms with Crippen molar-refractivity contribution in [2.45, 2.75) is 11.1 Å². The standard InChI is InChI=1S/C14H11F3N2O3S/c15-14(16,17)10-4-2-5-11(8-10)19-13(20)9-3-1-6-12(7-9)23(18,21)22/h1-8H,(H,19,20)(H2,18,21,22). The average molecular weight is 344 g/mol. The summed E-state index contributed by atoms with van der Waals surface area (Å²) in [6.07, 6.45) is -4.53. The smallest absolute Gasteiger partial charge is 0.322 e. The molecule has 0 spiro atoms. The molecule has 3 N–H and O–H groups in total. The second-order valence-corrected chi connectivity index (χ2v) is 6.17. The maximum atomic E-state index is 12.6. The minimum atomic E-state index is -4.53. The summed E-state index contributed by atoms with van der Waals surface area (Å²) < 4.78 is 60.3. The van der Waals surface area contributed by atoms with Crippen LogP contribution >= 0.6 is 0 Å². The van der Waals surface area contributed by atoms with Gasteiger partial charge in [-0.2, -0.15) is 13.2 Å². The molecule has 0 saturated heterocycles. The number of carbonyl (C=O) groups excluding carboxylic acids is 1. The van der Waals surface area contributed by atoms with E-state index in [1.807, 2.05) is 0 Å². The third-order valence-corrected chi connectivity index (χ3v) is 3.78. The molecule has 0 unspecified atom stereocenters. The monoisotopic (exact) mass is 344 g/mol. The predicted molar refractivity (Wildman–Crippen MR) is 77.2 cm³/mol. The molecule has 0 aliphatic rings. The van der Waals surface area contributed by atoms with Crippen LogP contribution in [-0.4, -0.2) is 14.3 Å². The van der Waals surface area contributed by atoms with Crippen molar-refractivity contribution in [1.29, 1.82) is 0 Å². The van der Waals surface area contributed by atoms with Gasteiger partial charge >= 0.3 is 6.18 Å². The molecule has 122 valence electrons. The zero-order valence-corrected chi connectivity index (χ0v) is 12.3. The maximum absolute atomic E-state index is 12.6. The predicted octanol–water partition coefficient (Wildman–Crippen LogP) is 2.61. The summed E-state index contributed by atoms with van der Waals surface area (Å²) in [4.78, 5) is 11.8. The summed E-state index contributed by atoms with van der Waals surface area (Å²) in [5.41, 5.74) is -1.02. The van der Waals surface area contributed by atoms with Crippen molar-refractivity contribution < 1.29 is 26.4 Å². The molecule has 0 radical (unpaired) electrons. The highest BCUT2D eigenvalue weighted by molar-refractivity contribution is 7.89. The molecule has 0 aliphatic carbocycles. The van der Waals surface area contributed by atoms with Gasteiger partial charge in [-0.15, -0.1) is 0 Å². The minimum absolute atomic E-state index is 0.0473. The van der Waals surface area contributed by atoms with Gasteiger partial charge < -0.3 is 5.32 Å². The molecular formula is C14H11F3N2O3S. The first-order chi connectivity index (χ1) is 10.6. The van der Waals surface area contributed by atoms with Gasteiger partial charge in [0, 0.05) is 11.3 Å². The van der Waals surface area contributed by atoms with Gasteiger partial charge in [0.25, 0.3) is 5.91 Å². The molecule has 2 rings (SSSR count). The number of nitrogens with one attached hydrogen (secondary N) is 1. The van der Waals surface area contributed by atoms with Crippen LogP contribution in [0.5, 0.6) is 0 Å². The van der Waals surface area contributed by atoms with E-state index in [-0.39, 0.29) is 16.1 Å². The Balaban J connectivity index is 2.27. The summed E-state index contributed by atoms with van der Waals surface area (Å²) in [5, 5.41) is 7.24. The van der Waals surface area contributed by atoms with Crippen molar-refractivity contribution in [3.8, 4) is 0 Å². The fraction of sp³-hybridized carbons (Fsp3) is 0.0714. The van der Waals surface area contributed by atoms with Crippen LogP contribution in [0.25, 0.3) is 0 Å². The van der Waals surface area contributed by atoms with E-state index in [4.69, 9.17) is 5.14 Å². The number of halogens is 3. The van der Waals surface area contributed by atoms with Crippen LogP contribution in [0.4, 0.5) is 18.9 Å². The molecule has 2 aromatic rings. The van der Waals surface area contributed by atoms with Crippen LogP contribution in [0.2, 0.25) is 0 Å². The number of anilines is 1. The first kappa shape index (κ1) is 17.0. The van der Waals surface area contributed by atoms with Gasteiger partial charge in [-0.25, -0.2) is 13.6 Å². The van der Waals surface area contributed by atoms with Gasteiger partial charge in [0.2, 0.25) is 10.0 Å². The Kier molecular flexibility index (Phi) is 4.44. The SMILES string of the molecule is NS(=O)(=O)c1cccc(C(=O)Nc2cccc(C(F)(F)F)c2)c1. The normalized spacial score (nSPS) is 12.0. The molecule has 5 nitrogen and oxygen atoms in total. The van der Waals surface area contributed by atoms with Gasteiger partial charge in [-0.3, -0.25) is 4.79 Å². The molecule has 0 atom stereocenters. The van der Waals surface area contributed by atoms with E-state index in [0.29, 0.717) is 0 Å². The van der Waals surface area contributed by atoms with Gasteiger partial charge in [0.15, 0.2) is 0 Å². The Labute approximate surface area is 130 Å². The van der Waals surface area contributed by atoms with Crippen LogP contribution in [0, 0.1) is 0 Å². The summed E-state index contributed by atoms with van der Waals surface area (Å²) in [6, 6.07) is 8.96. The Bertz CT molecular complexity index is 848. The number of carbonyl (C=O) groups is 1. The van der Waals surface area contributed by atoms with Crippen LogP contribution < -0.4 is 10.5 Å². The number of hydrogen-bond donors (Lipinski definition) is 2. The molecule has 0 aromatic heterocycles. The van der Waals surface area contributed by atoms with E-state index >= 15 is 0 Å². The number of benzene rings is 2. The molecule has 2 aromatic carbocycles. The van der Waals surface area contributed by atoms with E-state index in [9.17, 15) is 26.4 Å². The fourth-order valence-electron chi connectivity index (χ4n) is 1.79. The lowest BCUT2D eigenvalue weighted by Gasteiger charge is -2.10. The highest BCUT2D eigenvalue weighted by Gasteiger charge is 2.30. The topological polar surface area (TPSA) is 89.3 Å². The third-order valence-electron chi connectivity index (χ3n) is 2.87. The first-order valence-electron chi connectivity index (χ1n) is 6.19. The van der Waals surface area contributed by atoms with Crippen LogP contribution in [0.1, 0.15) is 15.9 Å². The Hall–Kier alpha value is -2.39. The maximum Gasteiger partial charge on any atom is 0.416 e. The summed E-state index contributed by atoms with van der Waals surface area (Å²) in [6.45, 7) is 0. The largest absolute Gasteiger partial charge is 0.416 e. The molecule has 9 heteroatoms. The lowest BCUT2D eigenvalue weighted by Crippen LogP contribution is -2.16. The number of rotatable bonds is 3. The quantitative estimate of drug-likeness (QED) is 0.897. The molecule has 0 saturated carbocycles. The van der Waals surface area contributed by atoms with Crippen LogP contribution in [0.15, 0.2) is 53.4 Å². The summed E-state index contributed by atoms with van der Waals surface area (Å²) >= 11 is 0. The van der Waals surface area contributed by atoms with E-state index in [1.165, 1.54) is 24.3 Å². The van der Waals surface area contributed by atoms with Gasteiger partial charge in [-0.1, -0.05) is 12.1 Å². The highest BCUT2D eigenvalue weighted by Crippen LogP contribution is 2.30. The lowest BCUT2D eigenvalue weighted by molar-refractivity contribution is -0.137. The van der Waals surface area contributed by atoms with E-state index in [1.54, 1.807) is 0 Å². The number of amides is 1. The molecule has 0 bridgehead atoms. The van der Waals surface area contributed by atoms with Gasteiger partial charge in [-0.05, 0) is 36.4 Å². The first-order valence-corrected chi connectivity index (χ1v) is 7.73. The number of primary sulfonamides is 1. The Morgan fingerprint density at radius 1 is 1.04 bits per heavy atom. The molecule has 1 amide bonds. The zero-order chi connectivity index (χ0) is 17.3. The second-order valence-electron chi connectivity index (χ2n) is 4.61. The Morgan fingerprint density at radius 2 is 1.70 bits per heavy atom. The number of sulfonamides is 1. The summed E-state index contributed by atoms with van der Waals surface area (Å²) in [7, 11) is -3.99. The number of hydrogen-bond acceptors (Lipinski definition) is 3. The van der Waals surface area contributed by atoms with Crippen molar-refractivity contribution in [2.24, 2.45) is 5.14 Å². The van der Waals surface area contributed by atoms with E-state index in [2.05, 4.69) is 5.32 Å². The van der Waals surface area contributed by atoms with Crippen molar-refractivity contribution in [3.05, 3.63) is 59.7 Å². The van der Waals surface area contributed by atoms with E-state index < -0.39 is 27.7 Å². The highest BCUT2D eigenvalue weighted by atomic mass is 32.2. The van der Waals surface area contributed by atoms with Gasteiger partial charge in [0.05, 0.1) is 10.5 Å². The number of alkyl halides is 3. The average Bonchev–Trinajstić information content (AvgIpc) is 2.46. The third kappa shape index (κ3) is 4.30. The second kappa shape index (κ2) is 6.01. The molecule has 23 heavy (non-hydrogen) atoms. The minimum Gasteiger partial charge on any atom is -0.322 e. The fourth-order valence-corrected chi connectivity index (χ4v) is 2.35. The lowest BCUT2D eigenvalue weighted by atomic mass is 10.1. The molecule has 0 heterocycles. The molecular weight excluding hydrogens is 333 g/mol. The van der Waals surface area contributed by atoms with Crippen molar-refractivity contribution >= 4 is 21.6 Å². The number of nitrogens with two attached hydrogens (primary N) is 1. The molecule has 0 fully saturated rings. The van der Waals surface area contributed by atoms with Crippen LogP contribution in [0.3, 0.4) is 0 Å². The zero-order valence-electron chi connectivity index (χ0n) is 11.5. The van der Waals surface area contributed by atoms with Crippen LogP contribution in [-0.2, 0) is 16.2 Å². The summed E-state index contributed by atoms with van der Waals surface area (Å²) in [5.74, 6) is -0.755.